The highest BCUT2D eigenvalue weighted by molar-refractivity contribution is 7.98. The van der Waals surface area contributed by atoms with Gasteiger partial charge in [-0.1, -0.05) is 24.3 Å². The van der Waals surface area contributed by atoms with Crippen molar-refractivity contribution in [3.8, 4) is 0 Å². The van der Waals surface area contributed by atoms with E-state index in [0.717, 1.165) is 6.42 Å². The monoisotopic (exact) mass is 181 g/mol. The SMILES string of the molecule is CSCCc1ccccc1CN. The van der Waals surface area contributed by atoms with Crippen molar-refractivity contribution in [2.75, 3.05) is 12.0 Å². The summed E-state index contributed by atoms with van der Waals surface area (Å²) in [5, 5.41) is 0. The first kappa shape index (κ1) is 9.62. The normalized spacial score (nSPS) is 10.2. The molecule has 2 N–H and O–H groups in total. The van der Waals surface area contributed by atoms with E-state index < -0.39 is 0 Å². The molecule has 0 amide bonds. The minimum Gasteiger partial charge on any atom is -0.326 e. The van der Waals surface area contributed by atoms with E-state index in [9.17, 15) is 0 Å². The summed E-state index contributed by atoms with van der Waals surface area (Å²) in [5.41, 5.74) is 8.30. The zero-order chi connectivity index (χ0) is 8.81. The van der Waals surface area contributed by atoms with Gasteiger partial charge < -0.3 is 5.73 Å². The van der Waals surface area contributed by atoms with E-state index in [0.29, 0.717) is 6.54 Å². The predicted molar refractivity (Wildman–Crippen MR) is 56.4 cm³/mol. The van der Waals surface area contributed by atoms with Gasteiger partial charge in [0.1, 0.15) is 0 Å². The number of aryl methyl sites for hydroxylation is 1. The Bertz CT molecular complexity index is 235. The van der Waals surface area contributed by atoms with Crippen molar-refractivity contribution in [1.29, 1.82) is 0 Å². The highest BCUT2D eigenvalue weighted by Crippen LogP contribution is 2.10. The van der Waals surface area contributed by atoms with Crippen LogP contribution in [0.1, 0.15) is 11.1 Å². The predicted octanol–water partition coefficient (Wildman–Crippen LogP) is 2.05. The van der Waals surface area contributed by atoms with Crippen LogP contribution in [0.2, 0.25) is 0 Å². The average Bonchev–Trinajstić information content (AvgIpc) is 2.15. The van der Waals surface area contributed by atoms with Crippen molar-refractivity contribution in [3.05, 3.63) is 35.4 Å². The van der Waals surface area contributed by atoms with Crippen molar-refractivity contribution in [2.45, 2.75) is 13.0 Å². The molecule has 0 aliphatic carbocycles. The van der Waals surface area contributed by atoms with Gasteiger partial charge in [-0.15, -0.1) is 0 Å². The molecule has 0 unspecified atom stereocenters. The first-order valence-corrected chi connectivity index (χ1v) is 5.53. The zero-order valence-electron chi connectivity index (χ0n) is 7.42. The number of benzene rings is 1. The summed E-state index contributed by atoms with van der Waals surface area (Å²) in [6, 6.07) is 8.40. The molecule has 0 heterocycles. The summed E-state index contributed by atoms with van der Waals surface area (Å²) < 4.78 is 0. The van der Waals surface area contributed by atoms with Crippen molar-refractivity contribution >= 4 is 11.8 Å². The molecule has 1 aromatic rings. The Morgan fingerprint density at radius 3 is 2.50 bits per heavy atom. The summed E-state index contributed by atoms with van der Waals surface area (Å²) >= 11 is 1.87. The van der Waals surface area contributed by atoms with E-state index in [1.54, 1.807) is 0 Å². The average molecular weight is 181 g/mol. The maximum atomic E-state index is 5.62. The minimum atomic E-state index is 0.657. The Balaban J connectivity index is 2.68. The largest absolute Gasteiger partial charge is 0.326 e. The lowest BCUT2D eigenvalue weighted by atomic mass is 10.1. The lowest BCUT2D eigenvalue weighted by molar-refractivity contribution is 1.01. The van der Waals surface area contributed by atoms with Gasteiger partial charge in [0.2, 0.25) is 0 Å². The number of hydrogen-bond acceptors (Lipinski definition) is 2. The molecule has 12 heavy (non-hydrogen) atoms. The number of hydrogen-bond donors (Lipinski definition) is 1. The van der Waals surface area contributed by atoms with Crippen LogP contribution in [0.15, 0.2) is 24.3 Å². The van der Waals surface area contributed by atoms with Gasteiger partial charge in [-0.25, -0.2) is 0 Å². The Kier molecular flexibility index (Phi) is 4.19. The van der Waals surface area contributed by atoms with Crippen LogP contribution < -0.4 is 5.73 Å². The quantitative estimate of drug-likeness (QED) is 0.769. The maximum absolute atomic E-state index is 5.62. The lowest BCUT2D eigenvalue weighted by Gasteiger charge is -2.05. The fourth-order valence-corrected chi connectivity index (χ4v) is 1.64. The molecule has 0 aliphatic heterocycles. The van der Waals surface area contributed by atoms with E-state index in [1.807, 2.05) is 17.8 Å². The van der Waals surface area contributed by atoms with Crippen LogP contribution in [0.3, 0.4) is 0 Å². The molecular formula is C10H15NS. The minimum absolute atomic E-state index is 0.657. The van der Waals surface area contributed by atoms with Crippen LogP contribution in [0.4, 0.5) is 0 Å². The molecule has 66 valence electrons. The molecule has 0 saturated heterocycles. The summed E-state index contributed by atoms with van der Waals surface area (Å²) in [4.78, 5) is 0. The lowest BCUT2D eigenvalue weighted by Crippen LogP contribution is -2.01. The molecule has 1 aromatic carbocycles. The van der Waals surface area contributed by atoms with Crippen LogP contribution in [0.25, 0.3) is 0 Å². The first-order valence-electron chi connectivity index (χ1n) is 4.14. The smallest absolute Gasteiger partial charge is 0.0180 e. The second-order valence-electron chi connectivity index (χ2n) is 2.72. The fraction of sp³-hybridized carbons (Fsp3) is 0.400. The molecule has 0 atom stereocenters. The van der Waals surface area contributed by atoms with Gasteiger partial charge in [0.25, 0.3) is 0 Å². The molecule has 0 bridgehead atoms. The van der Waals surface area contributed by atoms with E-state index in [2.05, 4.69) is 24.5 Å². The molecule has 1 nitrogen and oxygen atoms in total. The van der Waals surface area contributed by atoms with Crippen LogP contribution in [0, 0.1) is 0 Å². The Morgan fingerprint density at radius 2 is 1.92 bits per heavy atom. The number of nitrogens with two attached hydrogens (primary N) is 1. The first-order chi connectivity index (χ1) is 5.88. The van der Waals surface area contributed by atoms with E-state index in [1.165, 1.54) is 16.9 Å². The molecule has 0 aromatic heterocycles. The van der Waals surface area contributed by atoms with Gasteiger partial charge >= 0.3 is 0 Å². The van der Waals surface area contributed by atoms with Gasteiger partial charge in [0.05, 0.1) is 0 Å². The van der Waals surface area contributed by atoms with Crippen LogP contribution >= 0.6 is 11.8 Å². The third kappa shape index (κ3) is 2.54. The highest BCUT2D eigenvalue weighted by Gasteiger charge is 1.97. The second kappa shape index (κ2) is 5.22. The molecule has 0 aliphatic rings. The number of rotatable bonds is 4. The third-order valence-corrected chi connectivity index (χ3v) is 2.53. The highest BCUT2D eigenvalue weighted by atomic mass is 32.2. The van der Waals surface area contributed by atoms with Gasteiger partial charge in [-0.05, 0) is 29.6 Å². The summed E-state index contributed by atoms with van der Waals surface area (Å²) in [6.07, 6.45) is 3.26. The van der Waals surface area contributed by atoms with Gasteiger partial charge in [-0.2, -0.15) is 11.8 Å². The topological polar surface area (TPSA) is 26.0 Å². The van der Waals surface area contributed by atoms with Crippen molar-refractivity contribution in [2.24, 2.45) is 5.73 Å². The molecule has 0 fully saturated rings. The third-order valence-electron chi connectivity index (χ3n) is 1.91. The van der Waals surface area contributed by atoms with Crippen LogP contribution in [-0.2, 0) is 13.0 Å². The van der Waals surface area contributed by atoms with Gasteiger partial charge in [0, 0.05) is 6.54 Å². The second-order valence-corrected chi connectivity index (χ2v) is 3.70. The summed E-state index contributed by atoms with van der Waals surface area (Å²) in [5.74, 6) is 1.18. The van der Waals surface area contributed by atoms with Crippen molar-refractivity contribution in [3.63, 3.8) is 0 Å². The van der Waals surface area contributed by atoms with E-state index >= 15 is 0 Å². The van der Waals surface area contributed by atoms with Gasteiger partial charge in [-0.3, -0.25) is 0 Å². The van der Waals surface area contributed by atoms with Crippen LogP contribution in [0.5, 0.6) is 0 Å². The molecule has 0 radical (unpaired) electrons. The Labute approximate surface area is 78.4 Å². The zero-order valence-corrected chi connectivity index (χ0v) is 8.23. The standard InChI is InChI=1S/C10H15NS/c1-12-7-6-9-4-2-3-5-10(9)8-11/h2-5H,6-8,11H2,1H3. The molecule has 0 spiro atoms. The Morgan fingerprint density at radius 1 is 1.25 bits per heavy atom. The van der Waals surface area contributed by atoms with Crippen molar-refractivity contribution in [1.82, 2.24) is 0 Å². The van der Waals surface area contributed by atoms with Gasteiger partial charge in [0.15, 0.2) is 0 Å². The molecular weight excluding hydrogens is 166 g/mol. The molecule has 0 saturated carbocycles. The van der Waals surface area contributed by atoms with E-state index in [-0.39, 0.29) is 0 Å². The summed E-state index contributed by atoms with van der Waals surface area (Å²) in [6.45, 7) is 0.657. The van der Waals surface area contributed by atoms with Crippen molar-refractivity contribution < 1.29 is 0 Å². The maximum Gasteiger partial charge on any atom is 0.0180 e. The summed E-state index contributed by atoms with van der Waals surface area (Å²) in [7, 11) is 0. The molecule has 2 heteroatoms. The van der Waals surface area contributed by atoms with E-state index in [4.69, 9.17) is 5.73 Å². The van der Waals surface area contributed by atoms with Crippen LogP contribution in [-0.4, -0.2) is 12.0 Å². The Hall–Kier alpha value is -0.470. The number of thioether (sulfide) groups is 1. The molecule has 1 rings (SSSR count). The fourth-order valence-electron chi connectivity index (χ4n) is 1.21.